The van der Waals surface area contributed by atoms with Crippen LogP contribution in [0.2, 0.25) is 0 Å². The maximum absolute atomic E-state index is 12.9. The van der Waals surface area contributed by atoms with Crippen LogP contribution in [0.25, 0.3) is 5.57 Å². The highest BCUT2D eigenvalue weighted by atomic mass is 16.7. The first-order valence-electron chi connectivity index (χ1n) is 9.97. The molecule has 4 rings (SSSR count). The van der Waals surface area contributed by atoms with Crippen molar-refractivity contribution in [3.8, 4) is 11.5 Å². The van der Waals surface area contributed by atoms with E-state index in [0.29, 0.717) is 19.6 Å². The van der Waals surface area contributed by atoms with Crippen molar-refractivity contribution in [2.45, 2.75) is 19.9 Å². The summed E-state index contributed by atoms with van der Waals surface area (Å²) in [7, 11) is 0. The van der Waals surface area contributed by atoms with Crippen LogP contribution in [0.4, 0.5) is 0 Å². The first kappa shape index (κ1) is 18.6. The molecule has 0 bridgehead atoms. The molecule has 0 saturated heterocycles. The molecule has 0 aliphatic carbocycles. The van der Waals surface area contributed by atoms with Gasteiger partial charge in [0.05, 0.1) is 13.1 Å². The van der Waals surface area contributed by atoms with Gasteiger partial charge in [0.15, 0.2) is 18.0 Å². The lowest BCUT2D eigenvalue weighted by atomic mass is 9.99. The number of hydrogen-bond acceptors (Lipinski definition) is 3. The fourth-order valence-corrected chi connectivity index (χ4v) is 3.82. The monoisotopic (exact) mass is 379 g/mol. The maximum Gasteiger partial charge on any atom is 0.278 e. The van der Waals surface area contributed by atoms with Gasteiger partial charge in [-0.2, -0.15) is 0 Å². The Morgan fingerprint density at radius 1 is 1.11 bits per heavy atom. The van der Waals surface area contributed by atoms with Crippen LogP contribution in [-0.4, -0.2) is 43.8 Å². The Morgan fingerprint density at radius 3 is 2.68 bits per heavy atom. The molecule has 28 heavy (non-hydrogen) atoms. The van der Waals surface area contributed by atoms with Crippen molar-refractivity contribution in [1.82, 2.24) is 4.90 Å². The van der Waals surface area contributed by atoms with Gasteiger partial charge in [-0.25, -0.2) is 0 Å². The van der Waals surface area contributed by atoms with Crippen LogP contribution in [0.15, 0.2) is 54.6 Å². The predicted octanol–water partition coefficient (Wildman–Crippen LogP) is 2.14. The molecule has 0 spiro atoms. The largest absolute Gasteiger partial charge is 0.454 e. The zero-order chi connectivity index (χ0) is 19.3. The third-order valence-corrected chi connectivity index (χ3v) is 5.48. The summed E-state index contributed by atoms with van der Waals surface area (Å²) >= 11 is 0. The molecule has 2 aromatic carbocycles. The van der Waals surface area contributed by atoms with Crippen LogP contribution in [0.3, 0.4) is 0 Å². The number of ether oxygens (including phenoxy) is 2. The van der Waals surface area contributed by atoms with E-state index in [1.165, 1.54) is 16.0 Å². The fourth-order valence-electron chi connectivity index (χ4n) is 3.82. The zero-order valence-electron chi connectivity index (χ0n) is 16.3. The van der Waals surface area contributed by atoms with E-state index in [9.17, 15) is 4.79 Å². The summed E-state index contributed by atoms with van der Waals surface area (Å²) in [6.45, 7) is 6.04. The van der Waals surface area contributed by atoms with E-state index >= 15 is 0 Å². The summed E-state index contributed by atoms with van der Waals surface area (Å²) < 4.78 is 10.8. The molecule has 0 aromatic heterocycles. The summed E-state index contributed by atoms with van der Waals surface area (Å²) in [6, 6.07) is 16.4. The van der Waals surface area contributed by atoms with Crippen LogP contribution in [-0.2, 0) is 11.3 Å². The van der Waals surface area contributed by atoms with E-state index in [1.54, 1.807) is 0 Å². The number of quaternary nitrogens is 1. The lowest BCUT2D eigenvalue weighted by molar-refractivity contribution is -0.887. The lowest BCUT2D eigenvalue weighted by Gasteiger charge is -2.27. The molecule has 0 fully saturated rings. The summed E-state index contributed by atoms with van der Waals surface area (Å²) in [4.78, 5) is 16.1. The highest BCUT2D eigenvalue weighted by Gasteiger charge is 2.22. The first-order valence-corrected chi connectivity index (χ1v) is 9.97. The predicted molar refractivity (Wildman–Crippen MR) is 108 cm³/mol. The number of rotatable bonds is 6. The molecule has 5 heteroatoms. The average molecular weight is 379 g/mol. The molecule has 1 N–H and O–H groups in total. The van der Waals surface area contributed by atoms with Crippen molar-refractivity contribution < 1.29 is 19.2 Å². The molecule has 1 unspecified atom stereocenters. The first-order chi connectivity index (χ1) is 13.7. The van der Waals surface area contributed by atoms with Crippen molar-refractivity contribution in [2.24, 2.45) is 0 Å². The van der Waals surface area contributed by atoms with Crippen molar-refractivity contribution in [3.05, 3.63) is 65.7 Å². The number of nitrogens with one attached hydrogen (secondary N) is 1. The SMILES string of the molecule is CCN(Cc1ccc2c(c1)OCO2)C(=O)C[NH+]1CC=C(c2ccccc2)CC1. The Balaban J connectivity index is 1.34. The Labute approximate surface area is 166 Å². The Morgan fingerprint density at radius 2 is 1.93 bits per heavy atom. The standard InChI is InChI=1S/C23H26N2O3/c1-2-25(15-18-8-9-21-22(14-18)28-17-27-21)23(26)16-24-12-10-20(11-13-24)19-6-4-3-5-7-19/h3-10,14H,2,11-13,15-17H2,1H3/p+1. The van der Waals surface area contributed by atoms with Gasteiger partial charge in [0.1, 0.15) is 0 Å². The van der Waals surface area contributed by atoms with Gasteiger partial charge in [-0.1, -0.05) is 36.4 Å². The molecule has 1 amide bonds. The van der Waals surface area contributed by atoms with Gasteiger partial charge >= 0.3 is 0 Å². The van der Waals surface area contributed by atoms with Crippen molar-refractivity contribution in [3.63, 3.8) is 0 Å². The molecule has 5 nitrogen and oxygen atoms in total. The molecule has 146 valence electrons. The van der Waals surface area contributed by atoms with Gasteiger partial charge in [0.25, 0.3) is 5.91 Å². The van der Waals surface area contributed by atoms with Crippen molar-refractivity contribution >= 4 is 11.5 Å². The van der Waals surface area contributed by atoms with Gasteiger partial charge in [-0.15, -0.1) is 0 Å². The van der Waals surface area contributed by atoms with Crippen LogP contribution in [0.1, 0.15) is 24.5 Å². The molecule has 2 aliphatic rings. The number of hydrogen-bond donors (Lipinski definition) is 1. The smallest absolute Gasteiger partial charge is 0.278 e. The van der Waals surface area contributed by atoms with Crippen LogP contribution >= 0.6 is 0 Å². The average Bonchev–Trinajstić information content (AvgIpc) is 3.21. The summed E-state index contributed by atoms with van der Waals surface area (Å²) in [6.07, 6.45) is 3.30. The Kier molecular flexibility index (Phi) is 5.63. The third-order valence-electron chi connectivity index (χ3n) is 5.48. The van der Waals surface area contributed by atoms with Crippen LogP contribution in [0.5, 0.6) is 11.5 Å². The Hall–Kier alpha value is -2.79. The maximum atomic E-state index is 12.9. The number of benzene rings is 2. The number of carbonyl (C=O) groups is 1. The van der Waals surface area contributed by atoms with Crippen LogP contribution < -0.4 is 14.4 Å². The number of likely N-dealkylation sites (N-methyl/N-ethyl adjacent to an activating group) is 1. The highest BCUT2D eigenvalue weighted by molar-refractivity contribution is 5.77. The van der Waals surface area contributed by atoms with E-state index in [4.69, 9.17) is 9.47 Å². The number of amides is 1. The molecule has 0 saturated carbocycles. The number of nitrogens with zero attached hydrogens (tertiary/aromatic N) is 1. The zero-order valence-corrected chi connectivity index (χ0v) is 16.3. The molecular weight excluding hydrogens is 352 g/mol. The van der Waals surface area contributed by atoms with Gasteiger partial charge < -0.3 is 19.3 Å². The second-order valence-electron chi connectivity index (χ2n) is 7.32. The van der Waals surface area contributed by atoms with Crippen LogP contribution in [0, 0.1) is 0 Å². The van der Waals surface area contributed by atoms with Gasteiger partial charge in [-0.3, -0.25) is 4.79 Å². The minimum absolute atomic E-state index is 0.201. The normalized spacial score (nSPS) is 17.9. The Bertz CT molecular complexity index is 863. The summed E-state index contributed by atoms with van der Waals surface area (Å²) in [5.41, 5.74) is 3.76. The van der Waals surface area contributed by atoms with E-state index < -0.39 is 0 Å². The minimum atomic E-state index is 0.201. The van der Waals surface area contributed by atoms with Gasteiger partial charge in [-0.05, 0) is 41.8 Å². The van der Waals surface area contributed by atoms with E-state index in [1.807, 2.05) is 36.1 Å². The third kappa shape index (κ3) is 4.20. The molecule has 1 atom stereocenters. The fraction of sp³-hybridized carbons (Fsp3) is 0.348. The second-order valence-corrected chi connectivity index (χ2v) is 7.32. The summed E-state index contributed by atoms with van der Waals surface area (Å²) in [5.74, 6) is 1.74. The molecule has 2 aliphatic heterocycles. The number of fused-ring (bicyclic) bond motifs is 1. The van der Waals surface area contributed by atoms with E-state index in [2.05, 4.69) is 30.3 Å². The molecule has 2 heterocycles. The quantitative estimate of drug-likeness (QED) is 0.836. The van der Waals surface area contributed by atoms with E-state index in [0.717, 1.165) is 36.6 Å². The van der Waals surface area contributed by atoms with E-state index in [-0.39, 0.29) is 12.7 Å². The van der Waals surface area contributed by atoms with Crippen molar-refractivity contribution in [1.29, 1.82) is 0 Å². The number of carbonyl (C=O) groups excluding carboxylic acids is 1. The van der Waals surface area contributed by atoms with Crippen molar-refractivity contribution in [2.75, 3.05) is 33.0 Å². The second kappa shape index (κ2) is 8.48. The molecule has 0 radical (unpaired) electrons. The highest BCUT2D eigenvalue weighted by Crippen LogP contribution is 2.32. The topological polar surface area (TPSA) is 43.2 Å². The minimum Gasteiger partial charge on any atom is -0.454 e. The summed E-state index contributed by atoms with van der Waals surface area (Å²) in [5, 5.41) is 0. The van der Waals surface area contributed by atoms with Gasteiger partial charge in [0.2, 0.25) is 6.79 Å². The lowest BCUT2D eigenvalue weighted by Crippen LogP contribution is -3.13. The molecular formula is C23H27N2O3+. The molecule has 2 aromatic rings. The van der Waals surface area contributed by atoms with Gasteiger partial charge in [0, 0.05) is 19.5 Å².